The summed E-state index contributed by atoms with van der Waals surface area (Å²) in [5.41, 5.74) is 8.39. The molecule has 0 amide bonds. The van der Waals surface area contributed by atoms with Gasteiger partial charge in [-0.3, -0.25) is 0 Å². The Kier molecular flexibility index (Phi) is 12.6. The number of hydrogen-bond donors (Lipinski definition) is 3. The van der Waals surface area contributed by atoms with Crippen LogP contribution >= 0.6 is 24.8 Å². The molecule has 37 heavy (non-hydrogen) atoms. The number of anilines is 1. The lowest BCUT2D eigenvalue weighted by molar-refractivity contribution is 0.0780. The zero-order valence-electron chi connectivity index (χ0n) is 21.7. The van der Waals surface area contributed by atoms with E-state index in [9.17, 15) is 17.9 Å². The molecule has 210 valence electrons. The monoisotopic (exact) mass is 580 g/mol. The Balaban J connectivity index is 0.00000342. The second-order valence-corrected chi connectivity index (χ2v) is 12.5. The van der Waals surface area contributed by atoms with Crippen LogP contribution in [0.4, 0.5) is 10.1 Å². The minimum atomic E-state index is -3.40. The lowest BCUT2D eigenvalue weighted by Gasteiger charge is -2.35. The Labute approximate surface area is 232 Å². The number of aliphatic hydroxyl groups is 1. The number of sulfone groups is 1. The fraction of sp³-hybridized carbons (Fsp3) is 0.538. The van der Waals surface area contributed by atoms with Gasteiger partial charge in [-0.15, -0.1) is 24.8 Å². The Bertz CT molecular complexity index is 1130. The van der Waals surface area contributed by atoms with E-state index in [0.717, 1.165) is 5.56 Å². The summed E-state index contributed by atoms with van der Waals surface area (Å²) >= 11 is 0. The molecule has 1 aliphatic heterocycles. The number of methoxy groups -OCH3 is 1. The van der Waals surface area contributed by atoms with Crippen molar-refractivity contribution in [1.29, 1.82) is 0 Å². The van der Waals surface area contributed by atoms with Crippen LogP contribution in [0, 0.1) is 11.7 Å². The molecule has 1 fully saturated rings. The molecular formula is C26H39Cl2FN2O5S. The Morgan fingerprint density at radius 3 is 2.46 bits per heavy atom. The van der Waals surface area contributed by atoms with Crippen molar-refractivity contribution in [2.24, 2.45) is 5.92 Å². The van der Waals surface area contributed by atoms with E-state index >= 15 is 0 Å². The van der Waals surface area contributed by atoms with Gasteiger partial charge < -0.3 is 25.6 Å². The summed E-state index contributed by atoms with van der Waals surface area (Å²) in [6.45, 7) is 7.35. The summed E-state index contributed by atoms with van der Waals surface area (Å²) in [6.07, 6.45) is -0.738. The smallest absolute Gasteiger partial charge is 0.152 e. The van der Waals surface area contributed by atoms with E-state index in [-0.39, 0.29) is 66.2 Å². The summed E-state index contributed by atoms with van der Waals surface area (Å²) in [5.74, 6) is -1.37. The largest absolute Gasteiger partial charge is 0.489 e. The first-order chi connectivity index (χ1) is 16.4. The SMILES string of the molecule is COCCOc1cc(C[C@@H]2CS(=O)(=O)C[C@H](NCc3cccc(C(C)(C)C)c3)[C@H]2O)cc(F)c1N.Cl.Cl. The van der Waals surface area contributed by atoms with E-state index in [1.54, 1.807) is 6.07 Å². The summed E-state index contributed by atoms with van der Waals surface area (Å²) in [4.78, 5) is 0. The summed E-state index contributed by atoms with van der Waals surface area (Å²) in [5, 5.41) is 14.3. The third-order valence-electron chi connectivity index (χ3n) is 6.35. The van der Waals surface area contributed by atoms with Gasteiger partial charge in [0.2, 0.25) is 0 Å². The van der Waals surface area contributed by atoms with Gasteiger partial charge in [0.25, 0.3) is 0 Å². The van der Waals surface area contributed by atoms with E-state index in [1.165, 1.54) is 18.7 Å². The zero-order valence-corrected chi connectivity index (χ0v) is 24.1. The molecule has 11 heteroatoms. The number of ether oxygens (including phenoxy) is 2. The van der Waals surface area contributed by atoms with Crippen molar-refractivity contribution in [1.82, 2.24) is 5.32 Å². The molecule has 1 saturated heterocycles. The number of benzene rings is 2. The van der Waals surface area contributed by atoms with Crippen LogP contribution in [0.5, 0.6) is 5.75 Å². The van der Waals surface area contributed by atoms with Gasteiger partial charge >= 0.3 is 0 Å². The van der Waals surface area contributed by atoms with Crippen LogP contribution in [-0.4, -0.2) is 57.5 Å². The molecular weight excluding hydrogens is 542 g/mol. The first-order valence-electron chi connectivity index (χ1n) is 11.8. The van der Waals surface area contributed by atoms with Crippen LogP contribution < -0.4 is 15.8 Å². The fourth-order valence-corrected chi connectivity index (χ4v) is 6.34. The minimum Gasteiger partial charge on any atom is -0.489 e. The van der Waals surface area contributed by atoms with Gasteiger partial charge in [-0.25, -0.2) is 12.8 Å². The Hall–Kier alpha value is -1.62. The highest BCUT2D eigenvalue weighted by atomic mass is 35.5. The van der Waals surface area contributed by atoms with Crippen molar-refractivity contribution < 1.29 is 27.4 Å². The highest BCUT2D eigenvalue weighted by Gasteiger charge is 2.39. The molecule has 3 atom stereocenters. The Morgan fingerprint density at radius 2 is 1.81 bits per heavy atom. The van der Waals surface area contributed by atoms with Crippen LogP contribution in [0.3, 0.4) is 0 Å². The van der Waals surface area contributed by atoms with E-state index in [4.69, 9.17) is 15.2 Å². The van der Waals surface area contributed by atoms with Crippen LogP contribution in [0.15, 0.2) is 36.4 Å². The molecule has 7 nitrogen and oxygen atoms in total. The average molecular weight is 582 g/mol. The molecule has 0 aromatic heterocycles. The number of nitrogens with two attached hydrogens (primary N) is 1. The van der Waals surface area contributed by atoms with Crippen molar-refractivity contribution in [3.05, 3.63) is 58.9 Å². The van der Waals surface area contributed by atoms with Gasteiger partial charge in [0.15, 0.2) is 9.84 Å². The summed E-state index contributed by atoms with van der Waals surface area (Å²) < 4.78 is 50.3. The van der Waals surface area contributed by atoms with Crippen LogP contribution in [0.25, 0.3) is 0 Å². The molecule has 4 N–H and O–H groups in total. The second-order valence-electron chi connectivity index (χ2n) is 10.3. The van der Waals surface area contributed by atoms with Crippen molar-refractivity contribution in [2.45, 2.75) is 51.3 Å². The van der Waals surface area contributed by atoms with Gasteiger partial charge in [0.05, 0.1) is 24.2 Å². The topological polar surface area (TPSA) is 111 Å². The third kappa shape index (κ3) is 9.26. The maximum Gasteiger partial charge on any atom is 0.152 e. The minimum absolute atomic E-state index is 0. The average Bonchev–Trinajstić information content (AvgIpc) is 2.77. The predicted octanol–water partition coefficient (Wildman–Crippen LogP) is 3.68. The van der Waals surface area contributed by atoms with Crippen molar-refractivity contribution in [2.75, 3.05) is 37.6 Å². The van der Waals surface area contributed by atoms with Gasteiger partial charge in [0.1, 0.15) is 23.9 Å². The predicted molar refractivity (Wildman–Crippen MR) is 150 cm³/mol. The van der Waals surface area contributed by atoms with Crippen molar-refractivity contribution >= 4 is 40.3 Å². The molecule has 1 aliphatic rings. The number of rotatable bonds is 9. The molecule has 0 aliphatic carbocycles. The normalized spacial score (nSPS) is 21.0. The number of nitrogens with one attached hydrogen (secondary N) is 1. The third-order valence-corrected chi connectivity index (χ3v) is 8.16. The molecule has 2 aromatic carbocycles. The second kappa shape index (κ2) is 14.0. The lowest BCUT2D eigenvalue weighted by atomic mass is 9.86. The first kappa shape index (κ1) is 33.4. The maximum atomic E-state index is 14.4. The lowest BCUT2D eigenvalue weighted by Crippen LogP contribution is -2.54. The van der Waals surface area contributed by atoms with E-state index in [2.05, 4.69) is 38.2 Å². The van der Waals surface area contributed by atoms with Crippen molar-refractivity contribution in [3.63, 3.8) is 0 Å². The Morgan fingerprint density at radius 1 is 1.11 bits per heavy atom. The molecule has 0 unspecified atom stereocenters. The van der Waals surface area contributed by atoms with Gasteiger partial charge in [-0.1, -0.05) is 45.0 Å². The maximum absolute atomic E-state index is 14.4. The molecule has 0 radical (unpaired) electrons. The molecule has 0 saturated carbocycles. The molecule has 0 spiro atoms. The highest BCUT2D eigenvalue weighted by molar-refractivity contribution is 7.91. The van der Waals surface area contributed by atoms with E-state index in [1.807, 2.05) is 12.1 Å². The van der Waals surface area contributed by atoms with Gasteiger partial charge in [0, 0.05) is 25.6 Å². The van der Waals surface area contributed by atoms with E-state index in [0.29, 0.717) is 18.7 Å². The highest BCUT2D eigenvalue weighted by Crippen LogP contribution is 2.30. The van der Waals surface area contributed by atoms with Gasteiger partial charge in [-0.2, -0.15) is 0 Å². The number of aliphatic hydroxyl groups excluding tert-OH is 1. The molecule has 3 rings (SSSR count). The van der Waals surface area contributed by atoms with Crippen molar-refractivity contribution in [3.8, 4) is 5.75 Å². The standard InChI is InChI=1S/C26H37FN2O5S.2ClH/c1-26(2,3)20-7-5-6-17(11-20)14-29-22-16-35(31,32)15-19(25(22)30)10-18-12-21(27)24(28)23(13-18)34-9-8-33-4;;/h5-7,11-13,19,22,25,29-30H,8-10,14-16,28H2,1-4H3;2*1H/t19-,22+,25+;;/m1../s1. The molecule has 1 heterocycles. The fourth-order valence-electron chi connectivity index (χ4n) is 4.37. The first-order valence-corrected chi connectivity index (χ1v) is 13.6. The molecule has 0 bridgehead atoms. The van der Waals surface area contributed by atoms with Gasteiger partial charge in [-0.05, 0) is 40.7 Å². The van der Waals surface area contributed by atoms with Crippen LogP contribution in [0.2, 0.25) is 0 Å². The number of halogens is 3. The van der Waals surface area contributed by atoms with Crippen LogP contribution in [-0.2, 0) is 33.0 Å². The quantitative estimate of drug-likeness (QED) is 0.306. The number of nitrogen functional groups attached to an aromatic ring is 1. The summed E-state index contributed by atoms with van der Waals surface area (Å²) in [7, 11) is -1.88. The summed E-state index contributed by atoms with van der Waals surface area (Å²) in [6, 6.07) is 10.4. The molecule has 2 aromatic rings. The van der Waals surface area contributed by atoms with E-state index < -0.39 is 33.7 Å². The van der Waals surface area contributed by atoms with Crippen LogP contribution in [0.1, 0.15) is 37.5 Å². The number of hydrogen-bond acceptors (Lipinski definition) is 7. The zero-order chi connectivity index (χ0) is 25.8.